The summed E-state index contributed by atoms with van der Waals surface area (Å²) in [6.07, 6.45) is 3.41. The minimum Gasteiger partial charge on any atom is -0.395 e. The van der Waals surface area contributed by atoms with Gasteiger partial charge in [-0.1, -0.05) is 34.1 Å². The van der Waals surface area contributed by atoms with Crippen molar-refractivity contribution in [3.8, 4) is 0 Å². The van der Waals surface area contributed by atoms with Crippen molar-refractivity contribution >= 4 is 28.0 Å². The van der Waals surface area contributed by atoms with Crippen molar-refractivity contribution in [2.75, 3.05) is 19.7 Å². The highest BCUT2D eigenvalue weighted by Crippen LogP contribution is 2.16. The number of hydrogen-bond acceptors (Lipinski definition) is 2. The first-order valence-corrected chi connectivity index (χ1v) is 6.55. The van der Waals surface area contributed by atoms with Crippen molar-refractivity contribution in [2.24, 2.45) is 0 Å². The van der Waals surface area contributed by atoms with Crippen LogP contribution >= 0.6 is 15.9 Å². The predicted octanol–water partition coefficient (Wildman–Crippen LogP) is 2.44. The molecule has 0 aromatic heterocycles. The summed E-state index contributed by atoms with van der Waals surface area (Å²) >= 11 is 3.42. The Balaban J connectivity index is 2.54. The second-order valence-corrected chi connectivity index (χ2v) is 4.46. The fraction of sp³-hybridized carbons (Fsp3) is 0.308. The van der Waals surface area contributed by atoms with E-state index in [1.807, 2.05) is 37.3 Å². The van der Waals surface area contributed by atoms with Gasteiger partial charge in [-0.2, -0.15) is 0 Å². The second kappa shape index (κ2) is 7.89. The Morgan fingerprint density at radius 2 is 2.22 bits per heavy atom. The van der Waals surface area contributed by atoms with Gasteiger partial charge in [-0.3, -0.25) is 0 Å². The van der Waals surface area contributed by atoms with Gasteiger partial charge < -0.3 is 15.3 Å². The highest BCUT2D eigenvalue weighted by molar-refractivity contribution is 9.10. The molecule has 0 heterocycles. The number of nitrogens with one attached hydrogen (secondary N) is 1. The highest BCUT2D eigenvalue weighted by Gasteiger charge is 2.07. The Hall–Kier alpha value is -1.33. The fourth-order valence-corrected chi connectivity index (χ4v) is 1.85. The normalized spacial score (nSPS) is 10.6. The molecule has 1 aromatic rings. The summed E-state index contributed by atoms with van der Waals surface area (Å²) in [5.74, 6) is 0. The van der Waals surface area contributed by atoms with E-state index in [4.69, 9.17) is 5.11 Å². The van der Waals surface area contributed by atoms with Crippen LogP contribution in [0.15, 0.2) is 34.9 Å². The van der Waals surface area contributed by atoms with Gasteiger partial charge in [-0.25, -0.2) is 4.79 Å². The minimum atomic E-state index is -0.213. The van der Waals surface area contributed by atoms with E-state index in [1.54, 1.807) is 6.20 Å². The van der Waals surface area contributed by atoms with Crippen LogP contribution in [0.1, 0.15) is 12.5 Å². The SMILES string of the molecule is CCN(CCO)C(=O)N/C=C/c1ccccc1Br. The molecule has 1 rings (SSSR count). The van der Waals surface area contributed by atoms with Gasteiger partial charge in [0, 0.05) is 23.8 Å². The molecule has 18 heavy (non-hydrogen) atoms. The van der Waals surface area contributed by atoms with E-state index in [9.17, 15) is 4.79 Å². The van der Waals surface area contributed by atoms with Crippen LogP contribution in [0.5, 0.6) is 0 Å². The molecular formula is C13H17BrN2O2. The number of benzene rings is 1. The summed E-state index contributed by atoms with van der Waals surface area (Å²) in [5, 5.41) is 11.5. The lowest BCUT2D eigenvalue weighted by Crippen LogP contribution is -2.39. The monoisotopic (exact) mass is 312 g/mol. The van der Waals surface area contributed by atoms with E-state index in [0.717, 1.165) is 10.0 Å². The van der Waals surface area contributed by atoms with Crippen molar-refractivity contribution in [2.45, 2.75) is 6.92 Å². The molecule has 0 atom stereocenters. The van der Waals surface area contributed by atoms with Gasteiger partial charge in [-0.05, 0) is 24.6 Å². The maximum Gasteiger partial charge on any atom is 0.321 e. The number of aliphatic hydroxyl groups is 1. The van der Waals surface area contributed by atoms with Gasteiger partial charge in [0.2, 0.25) is 0 Å². The zero-order valence-electron chi connectivity index (χ0n) is 10.3. The van der Waals surface area contributed by atoms with E-state index >= 15 is 0 Å². The number of halogens is 1. The Morgan fingerprint density at radius 1 is 1.50 bits per heavy atom. The first kappa shape index (κ1) is 14.7. The third-order valence-electron chi connectivity index (χ3n) is 2.41. The summed E-state index contributed by atoms with van der Waals surface area (Å²) < 4.78 is 0.971. The smallest absolute Gasteiger partial charge is 0.321 e. The van der Waals surface area contributed by atoms with E-state index in [2.05, 4.69) is 21.2 Å². The summed E-state index contributed by atoms with van der Waals surface area (Å²) in [6, 6.07) is 7.52. The van der Waals surface area contributed by atoms with Crippen LogP contribution in [0.2, 0.25) is 0 Å². The number of likely N-dealkylation sites (N-methyl/N-ethyl adjacent to an activating group) is 1. The van der Waals surface area contributed by atoms with Crippen molar-refractivity contribution in [3.63, 3.8) is 0 Å². The third-order valence-corrected chi connectivity index (χ3v) is 3.14. The Kier molecular flexibility index (Phi) is 6.46. The standard InChI is InChI=1S/C13H17BrN2O2/c1-2-16(9-10-17)13(18)15-8-7-11-5-3-4-6-12(11)14/h3-8,17H,2,9-10H2,1H3,(H,15,18)/b8-7+. The minimum absolute atomic E-state index is 0.0325. The molecule has 4 nitrogen and oxygen atoms in total. The average Bonchev–Trinajstić information content (AvgIpc) is 2.38. The number of aliphatic hydroxyl groups excluding tert-OH is 1. The summed E-state index contributed by atoms with van der Waals surface area (Å²) in [4.78, 5) is 13.2. The number of carbonyl (C=O) groups is 1. The van der Waals surface area contributed by atoms with E-state index < -0.39 is 0 Å². The molecule has 0 saturated heterocycles. The van der Waals surface area contributed by atoms with E-state index in [-0.39, 0.29) is 12.6 Å². The van der Waals surface area contributed by atoms with Crippen LogP contribution < -0.4 is 5.32 Å². The molecule has 0 bridgehead atoms. The molecular weight excluding hydrogens is 296 g/mol. The number of nitrogens with zero attached hydrogens (tertiary/aromatic N) is 1. The molecule has 5 heteroatoms. The van der Waals surface area contributed by atoms with Crippen LogP contribution in [0.4, 0.5) is 4.79 Å². The first-order valence-electron chi connectivity index (χ1n) is 5.76. The molecule has 0 aliphatic carbocycles. The molecule has 0 fully saturated rings. The zero-order valence-corrected chi connectivity index (χ0v) is 11.9. The van der Waals surface area contributed by atoms with Crippen molar-refractivity contribution < 1.29 is 9.90 Å². The molecule has 0 spiro atoms. The Bertz CT molecular complexity index is 421. The number of hydrogen-bond donors (Lipinski definition) is 2. The van der Waals surface area contributed by atoms with Crippen LogP contribution in [0.3, 0.4) is 0 Å². The second-order valence-electron chi connectivity index (χ2n) is 3.61. The summed E-state index contributed by atoms with van der Waals surface area (Å²) in [7, 11) is 0. The average molecular weight is 313 g/mol. The van der Waals surface area contributed by atoms with E-state index in [0.29, 0.717) is 13.1 Å². The first-order chi connectivity index (χ1) is 8.69. The summed E-state index contributed by atoms with van der Waals surface area (Å²) in [5.41, 5.74) is 0.989. The quantitative estimate of drug-likeness (QED) is 0.877. The number of amides is 2. The topological polar surface area (TPSA) is 52.6 Å². The highest BCUT2D eigenvalue weighted by atomic mass is 79.9. The lowest BCUT2D eigenvalue weighted by molar-refractivity contribution is 0.183. The van der Waals surface area contributed by atoms with Crippen LogP contribution in [0.25, 0.3) is 6.08 Å². The predicted molar refractivity (Wildman–Crippen MR) is 76.0 cm³/mol. The van der Waals surface area contributed by atoms with Crippen molar-refractivity contribution in [3.05, 3.63) is 40.5 Å². The van der Waals surface area contributed by atoms with Crippen LogP contribution in [0, 0.1) is 0 Å². The van der Waals surface area contributed by atoms with Crippen LogP contribution in [-0.4, -0.2) is 35.7 Å². The molecule has 0 aliphatic rings. The largest absolute Gasteiger partial charge is 0.395 e. The molecule has 2 N–H and O–H groups in total. The zero-order chi connectivity index (χ0) is 13.4. The van der Waals surface area contributed by atoms with Gasteiger partial charge in [0.15, 0.2) is 0 Å². The molecule has 98 valence electrons. The molecule has 2 amide bonds. The number of rotatable bonds is 5. The maximum atomic E-state index is 11.7. The Labute approximate surface area is 115 Å². The lowest BCUT2D eigenvalue weighted by Gasteiger charge is -2.18. The Morgan fingerprint density at radius 3 is 2.83 bits per heavy atom. The molecule has 0 radical (unpaired) electrons. The maximum absolute atomic E-state index is 11.7. The van der Waals surface area contributed by atoms with Gasteiger partial charge >= 0.3 is 6.03 Å². The number of urea groups is 1. The van der Waals surface area contributed by atoms with Gasteiger partial charge in [0.1, 0.15) is 0 Å². The fourth-order valence-electron chi connectivity index (χ4n) is 1.43. The van der Waals surface area contributed by atoms with Crippen molar-refractivity contribution in [1.29, 1.82) is 0 Å². The number of carbonyl (C=O) groups excluding carboxylic acids is 1. The van der Waals surface area contributed by atoms with E-state index in [1.165, 1.54) is 4.90 Å². The molecule has 1 aromatic carbocycles. The van der Waals surface area contributed by atoms with Crippen LogP contribution in [-0.2, 0) is 0 Å². The van der Waals surface area contributed by atoms with Crippen molar-refractivity contribution in [1.82, 2.24) is 10.2 Å². The molecule has 0 unspecified atom stereocenters. The summed E-state index contributed by atoms with van der Waals surface area (Å²) in [6.45, 7) is 2.74. The molecule has 0 saturated carbocycles. The lowest BCUT2D eigenvalue weighted by atomic mass is 10.2. The third kappa shape index (κ3) is 4.50. The van der Waals surface area contributed by atoms with Gasteiger partial charge in [0.05, 0.1) is 6.61 Å². The van der Waals surface area contributed by atoms with Gasteiger partial charge in [-0.15, -0.1) is 0 Å². The molecule has 0 aliphatic heterocycles. The van der Waals surface area contributed by atoms with Gasteiger partial charge in [0.25, 0.3) is 0 Å².